The molecule has 0 atom stereocenters. The minimum Gasteiger partial charge on any atom is -0.323 e. The predicted octanol–water partition coefficient (Wildman–Crippen LogP) is 5.79. The van der Waals surface area contributed by atoms with Gasteiger partial charge < -0.3 is 14.2 Å². The SMILES string of the molecule is CCCCCC12COC(c3ccc4c(F)c(C#CC(F)(F)F)c(F)cc4c3)(OC1)OC2. The molecular formula is C23H21F5O3. The normalized spacial score (nSPS) is 25.5. The van der Waals surface area contributed by atoms with Crippen LogP contribution in [0.25, 0.3) is 10.8 Å². The molecule has 2 bridgehead atoms. The van der Waals surface area contributed by atoms with E-state index in [0.29, 0.717) is 25.4 Å². The lowest BCUT2D eigenvalue weighted by Crippen LogP contribution is -2.58. The third-order valence-electron chi connectivity index (χ3n) is 5.73. The van der Waals surface area contributed by atoms with Crippen LogP contribution in [0.5, 0.6) is 0 Å². The third kappa shape index (κ3) is 4.27. The van der Waals surface area contributed by atoms with Gasteiger partial charge in [0.25, 0.3) is 0 Å². The van der Waals surface area contributed by atoms with Crippen LogP contribution in [0.2, 0.25) is 0 Å². The standard InChI is InChI=1S/C23H21F5O3/c1-2-3-4-8-21-12-29-23(30-13-21,31-14-21)16-5-6-17-15(10-16)11-19(24)18(20(17)25)7-9-22(26,27)28/h5-6,10-11H,2-4,8,12-14H2,1H3. The van der Waals surface area contributed by atoms with Crippen molar-refractivity contribution < 1.29 is 36.2 Å². The first-order valence-corrected chi connectivity index (χ1v) is 10.1. The van der Waals surface area contributed by atoms with E-state index in [-0.39, 0.29) is 16.2 Å². The van der Waals surface area contributed by atoms with Crippen molar-refractivity contribution in [1.82, 2.24) is 0 Å². The van der Waals surface area contributed by atoms with Crippen molar-refractivity contribution in [2.45, 2.75) is 44.8 Å². The van der Waals surface area contributed by atoms with Crippen LogP contribution in [0.15, 0.2) is 24.3 Å². The molecule has 3 saturated heterocycles. The summed E-state index contributed by atoms with van der Waals surface area (Å²) in [4.78, 5) is 0. The largest absolute Gasteiger partial charge is 0.458 e. The molecule has 3 aliphatic rings. The van der Waals surface area contributed by atoms with Crippen LogP contribution in [0.1, 0.15) is 43.7 Å². The molecule has 3 fully saturated rings. The third-order valence-corrected chi connectivity index (χ3v) is 5.73. The summed E-state index contributed by atoms with van der Waals surface area (Å²) in [6, 6.07) is 5.23. The highest BCUT2D eigenvalue weighted by Gasteiger charge is 2.53. The minimum atomic E-state index is -4.85. The fraction of sp³-hybridized carbons (Fsp3) is 0.478. The van der Waals surface area contributed by atoms with E-state index in [1.165, 1.54) is 18.2 Å². The summed E-state index contributed by atoms with van der Waals surface area (Å²) < 4.78 is 83.7. The first-order chi connectivity index (χ1) is 14.7. The second-order valence-corrected chi connectivity index (χ2v) is 8.11. The Kier molecular flexibility index (Phi) is 5.71. The number of hydrogen-bond acceptors (Lipinski definition) is 3. The Hall–Kier alpha value is -2.21. The number of alkyl halides is 3. The van der Waals surface area contributed by atoms with Crippen LogP contribution in [0.4, 0.5) is 22.0 Å². The molecule has 0 N–H and O–H groups in total. The Balaban J connectivity index is 1.62. The fourth-order valence-electron chi connectivity index (χ4n) is 3.98. The van der Waals surface area contributed by atoms with Gasteiger partial charge in [0.05, 0.1) is 25.4 Å². The van der Waals surface area contributed by atoms with E-state index < -0.39 is 29.3 Å². The molecule has 0 radical (unpaired) electrons. The summed E-state index contributed by atoms with van der Waals surface area (Å²) in [5.41, 5.74) is -0.695. The highest BCUT2D eigenvalue weighted by molar-refractivity contribution is 5.85. The second kappa shape index (κ2) is 8.05. The molecule has 0 aromatic heterocycles. The molecule has 0 spiro atoms. The number of unbranched alkanes of at least 4 members (excludes halogenated alkanes) is 2. The molecule has 0 unspecified atom stereocenters. The van der Waals surface area contributed by atoms with Crippen molar-refractivity contribution in [3.63, 3.8) is 0 Å². The second-order valence-electron chi connectivity index (χ2n) is 8.11. The maximum atomic E-state index is 14.7. The molecule has 3 aliphatic heterocycles. The zero-order valence-electron chi connectivity index (χ0n) is 16.9. The fourth-order valence-corrected chi connectivity index (χ4v) is 3.98. The van der Waals surface area contributed by atoms with Gasteiger partial charge in [0.2, 0.25) is 0 Å². The van der Waals surface area contributed by atoms with E-state index in [0.717, 1.165) is 37.7 Å². The van der Waals surface area contributed by atoms with Crippen molar-refractivity contribution in [2.24, 2.45) is 5.41 Å². The minimum absolute atomic E-state index is 0.0615. The van der Waals surface area contributed by atoms with Gasteiger partial charge in [-0.05, 0) is 23.9 Å². The first kappa shape index (κ1) is 22.0. The average Bonchev–Trinajstić information content (AvgIpc) is 2.74. The van der Waals surface area contributed by atoms with Gasteiger partial charge in [0.15, 0.2) is 0 Å². The van der Waals surface area contributed by atoms with E-state index in [9.17, 15) is 22.0 Å². The highest BCUT2D eigenvalue weighted by Crippen LogP contribution is 2.47. The summed E-state index contributed by atoms with van der Waals surface area (Å²) in [5, 5.41) is 0.0779. The van der Waals surface area contributed by atoms with Gasteiger partial charge in [0, 0.05) is 22.3 Å². The van der Waals surface area contributed by atoms with Crippen molar-refractivity contribution in [2.75, 3.05) is 19.8 Å². The first-order valence-electron chi connectivity index (χ1n) is 10.1. The van der Waals surface area contributed by atoms with Gasteiger partial charge in [-0.15, -0.1) is 0 Å². The molecule has 5 rings (SSSR count). The summed E-state index contributed by atoms with van der Waals surface area (Å²) in [7, 11) is 0. The quantitative estimate of drug-likeness (QED) is 0.335. The van der Waals surface area contributed by atoms with Crippen molar-refractivity contribution >= 4 is 10.8 Å². The van der Waals surface area contributed by atoms with Crippen LogP contribution >= 0.6 is 0 Å². The van der Waals surface area contributed by atoms with Crippen LogP contribution in [0.3, 0.4) is 0 Å². The van der Waals surface area contributed by atoms with Crippen molar-refractivity contribution in [3.05, 3.63) is 47.0 Å². The Bertz CT molecular complexity index is 1030. The molecule has 3 nitrogen and oxygen atoms in total. The molecule has 31 heavy (non-hydrogen) atoms. The van der Waals surface area contributed by atoms with Gasteiger partial charge in [-0.2, -0.15) is 13.2 Å². The van der Waals surface area contributed by atoms with Gasteiger partial charge >= 0.3 is 12.1 Å². The molecule has 0 aliphatic carbocycles. The van der Waals surface area contributed by atoms with Crippen molar-refractivity contribution in [1.29, 1.82) is 0 Å². The number of hydrogen-bond donors (Lipinski definition) is 0. The van der Waals surface area contributed by atoms with E-state index in [2.05, 4.69) is 6.92 Å². The van der Waals surface area contributed by atoms with Crippen LogP contribution < -0.4 is 0 Å². The number of fused-ring (bicyclic) bond motifs is 4. The lowest BCUT2D eigenvalue weighted by Gasteiger charge is -2.52. The Morgan fingerprint density at radius 3 is 2.29 bits per heavy atom. The maximum Gasteiger partial charge on any atom is 0.458 e. The summed E-state index contributed by atoms with van der Waals surface area (Å²) in [6.45, 7) is 3.47. The lowest BCUT2D eigenvalue weighted by molar-refractivity contribution is -0.480. The maximum absolute atomic E-state index is 14.7. The van der Waals surface area contributed by atoms with Crippen molar-refractivity contribution in [3.8, 4) is 11.8 Å². The zero-order chi connectivity index (χ0) is 22.3. The number of ether oxygens (including phenoxy) is 3. The average molecular weight is 440 g/mol. The molecule has 2 aromatic carbocycles. The van der Waals surface area contributed by atoms with E-state index in [1.807, 2.05) is 0 Å². The van der Waals surface area contributed by atoms with Crippen LogP contribution in [-0.4, -0.2) is 26.0 Å². The summed E-state index contributed by atoms with van der Waals surface area (Å²) in [6.07, 6.45) is -0.655. The number of halogens is 5. The molecule has 3 heterocycles. The van der Waals surface area contributed by atoms with Gasteiger partial charge in [-0.3, -0.25) is 0 Å². The predicted molar refractivity (Wildman–Crippen MR) is 103 cm³/mol. The smallest absolute Gasteiger partial charge is 0.323 e. The number of benzene rings is 2. The van der Waals surface area contributed by atoms with Gasteiger partial charge in [0.1, 0.15) is 11.6 Å². The lowest BCUT2D eigenvalue weighted by atomic mass is 9.82. The van der Waals surface area contributed by atoms with Gasteiger partial charge in [-0.25, -0.2) is 8.78 Å². The van der Waals surface area contributed by atoms with Crippen LogP contribution in [0, 0.1) is 28.9 Å². The Labute approximate surface area is 176 Å². The van der Waals surface area contributed by atoms with E-state index >= 15 is 0 Å². The van der Waals surface area contributed by atoms with Crippen LogP contribution in [-0.2, 0) is 20.2 Å². The number of rotatable bonds is 5. The molecule has 8 heteroatoms. The van der Waals surface area contributed by atoms with E-state index in [4.69, 9.17) is 14.2 Å². The van der Waals surface area contributed by atoms with Gasteiger partial charge in [-0.1, -0.05) is 44.2 Å². The molecule has 2 aromatic rings. The molecule has 0 amide bonds. The molecule has 0 saturated carbocycles. The topological polar surface area (TPSA) is 27.7 Å². The van der Waals surface area contributed by atoms with E-state index in [1.54, 1.807) is 5.92 Å². The Morgan fingerprint density at radius 1 is 1.00 bits per heavy atom. The zero-order valence-corrected chi connectivity index (χ0v) is 16.9. The molecular weight excluding hydrogens is 419 g/mol. The monoisotopic (exact) mass is 440 g/mol. The summed E-state index contributed by atoms with van der Waals surface area (Å²) in [5.74, 6) is -1.35. The highest BCUT2D eigenvalue weighted by atomic mass is 19.4. The molecule has 166 valence electrons. The summed E-state index contributed by atoms with van der Waals surface area (Å²) >= 11 is 0. The Morgan fingerprint density at radius 2 is 1.68 bits per heavy atom.